The zero-order chi connectivity index (χ0) is 21.1. The number of nitrogens with one attached hydrogen (secondary N) is 1. The normalized spacial score (nSPS) is 13.8. The number of rotatable bonds is 6. The summed E-state index contributed by atoms with van der Waals surface area (Å²) < 4.78 is 5.13. The number of nitrogens with zero attached hydrogens (tertiary/aromatic N) is 1. The molecule has 0 fully saturated rings. The van der Waals surface area contributed by atoms with Crippen LogP contribution in [0.4, 0.5) is 5.69 Å². The molecule has 1 N–H and O–H groups in total. The van der Waals surface area contributed by atoms with Crippen molar-refractivity contribution in [2.75, 3.05) is 11.9 Å². The summed E-state index contributed by atoms with van der Waals surface area (Å²) in [6, 6.07) is 11.5. The van der Waals surface area contributed by atoms with E-state index in [1.165, 1.54) is 6.92 Å². The van der Waals surface area contributed by atoms with Gasteiger partial charge in [-0.05, 0) is 43.7 Å². The predicted molar refractivity (Wildman–Crippen MR) is 107 cm³/mol. The van der Waals surface area contributed by atoms with Crippen molar-refractivity contribution in [1.82, 2.24) is 4.90 Å². The van der Waals surface area contributed by atoms with Crippen molar-refractivity contribution >= 4 is 41.0 Å². The zero-order valence-corrected chi connectivity index (χ0v) is 16.7. The molecule has 2 aromatic rings. The SMILES string of the molecule is Cc1ccc(Cl)cc1NC(=O)[C@H](C)OC(=O)CCN1C(=O)c2ccccc2C1=O. The number of imide groups is 1. The first-order chi connectivity index (χ1) is 13.8. The summed E-state index contributed by atoms with van der Waals surface area (Å²) in [6.45, 7) is 3.13. The summed E-state index contributed by atoms with van der Waals surface area (Å²) in [5.41, 5.74) is 1.97. The molecule has 0 spiro atoms. The van der Waals surface area contributed by atoms with Crippen LogP contribution in [0, 0.1) is 6.92 Å². The first kappa shape index (κ1) is 20.5. The van der Waals surface area contributed by atoms with Crippen LogP contribution in [0.3, 0.4) is 0 Å². The second-order valence-electron chi connectivity index (χ2n) is 6.64. The number of carbonyl (C=O) groups is 4. The van der Waals surface area contributed by atoms with Crippen molar-refractivity contribution in [2.24, 2.45) is 0 Å². The van der Waals surface area contributed by atoms with E-state index in [4.69, 9.17) is 16.3 Å². The van der Waals surface area contributed by atoms with Gasteiger partial charge in [-0.15, -0.1) is 0 Å². The third kappa shape index (κ3) is 4.46. The molecule has 1 heterocycles. The van der Waals surface area contributed by atoms with Crippen LogP contribution in [0.1, 0.15) is 39.6 Å². The number of hydrogen-bond donors (Lipinski definition) is 1. The molecule has 2 aromatic carbocycles. The van der Waals surface area contributed by atoms with Gasteiger partial charge in [-0.25, -0.2) is 0 Å². The summed E-state index contributed by atoms with van der Waals surface area (Å²) in [5.74, 6) is -2.09. The van der Waals surface area contributed by atoms with Gasteiger partial charge in [0.25, 0.3) is 17.7 Å². The first-order valence-electron chi connectivity index (χ1n) is 8.99. The third-order valence-electron chi connectivity index (χ3n) is 4.55. The standard InChI is InChI=1S/C21H19ClN2O5/c1-12-7-8-14(22)11-17(12)23-19(26)13(2)29-18(25)9-10-24-20(27)15-5-3-4-6-16(15)21(24)28/h3-8,11,13H,9-10H2,1-2H3,(H,23,26)/t13-/m0/s1. The van der Waals surface area contributed by atoms with Gasteiger partial charge in [0.2, 0.25) is 0 Å². The van der Waals surface area contributed by atoms with Crippen molar-refractivity contribution in [3.8, 4) is 0 Å². The van der Waals surface area contributed by atoms with E-state index in [9.17, 15) is 19.2 Å². The van der Waals surface area contributed by atoms with Crippen LogP contribution in [0.25, 0.3) is 0 Å². The van der Waals surface area contributed by atoms with Gasteiger partial charge >= 0.3 is 5.97 Å². The Bertz CT molecular complexity index is 969. The summed E-state index contributed by atoms with van der Waals surface area (Å²) in [7, 11) is 0. The van der Waals surface area contributed by atoms with Crippen LogP contribution < -0.4 is 5.32 Å². The lowest BCUT2D eigenvalue weighted by molar-refractivity contribution is -0.153. The number of halogens is 1. The number of fused-ring (bicyclic) bond motifs is 1. The Balaban J connectivity index is 1.53. The van der Waals surface area contributed by atoms with Gasteiger partial charge in [0.05, 0.1) is 17.5 Å². The minimum atomic E-state index is -1.05. The van der Waals surface area contributed by atoms with Gasteiger partial charge < -0.3 is 10.1 Å². The third-order valence-corrected chi connectivity index (χ3v) is 4.79. The molecular formula is C21H19ClN2O5. The smallest absolute Gasteiger partial charge is 0.308 e. The molecule has 3 rings (SSSR count). The van der Waals surface area contributed by atoms with Crippen molar-refractivity contribution in [2.45, 2.75) is 26.4 Å². The van der Waals surface area contributed by atoms with Crippen LogP contribution in [0.5, 0.6) is 0 Å². The lowest BCUT2D eigenvalue weighted by Gasteiger charge is -2.16. The first-order valence-corrected chi connectivity index (χ1v) is 9.37. The van der Waals surface area contributed by atoms with Gasteiger partial charge in [-0.3, -0.25) is 24.1 Å². The summed E-state index contributed by atoms with van der Waals surface area (Å²) in [5, 5.41) is 3.13. The minimum absolute atomic E-state index is 0.118. The molecule has 0 radical (unpaired) electrons. The van der Waals surface area contributed by atoms with Crippen molar-refractivity contribution < 1.29 is 23.9 Å². The van der Waals surface area contributed by atoms with Crippen LogP contribution in [0.2, 0.25) is 5.02 Å². The molecular weight excluding hydrogens is 396 g/mol. The Hall–Kier alpha value is -3.19. The van der Waals surface area contributed by atoms with Crippen LogP contribution in [0.15, 0.2) is 42.5 Å². The van der Waals surface area contributed by atoms with E-state index < -0.39 is 29.8 Å². The Morgan fingerprint density at radius 3 is 2.34 bits per heavy atom. The second kappa shape index (κ2) is 8.45. The molecule has 0 unspecified atom stereocenters. The van der Waals surface area contributed by atoms with Crippen molar-refractivity contribution in [3.63, 3.8) is 0 Å². The van der Waals surface area contributed by atoms with Gasteiger partial charge in [0.1, 0.15) is 0 Å². The van der Waals surface area contributed by atoms with Gasteiger partial charge in [0.15, 0.2) is 6.10 Å². The van der Waals surface area contributed by atoms with Crippen LogP contribution in [-0.2, 0) is 14.3 Å². The van der Waals surface area contributed by atoms with Crippen LogP contribution >= 0.6 is 11.6 Å². The average Bonchev–Trinajstić information content (AvgIpc) is 2.93. The molecule has 29 heavy (non-hydrogen) atoms. The molecule has 0 aliphatic carbocycles. The monoisotopic (exact) mass is 414 g/mol. The van der Waals surface area contributed by atoms with E-state index in [1.807, 2.05) is 6.92 Å². The fourth-order valence-corrected chi connectivity index (χ4v) is 3.09. The Kier molecular flexibility index (Phi) is 5.98. The van der Waals surface area contributed by atoms with Crippen molar-refractivity contribution in [3.05, 3.63) is 64.2 Å². The maximum atomic E-state index is 12.3. The van der Waals surface area contributed by atoms with E-state index >= 15 is 0 Å². The summed E-state index contributed by atoms with van der Waals surface area (Å²) in [4.78, 5) is 50.0. The summed E-state index contributed by atoms with van der Waals surface area (Å²) >= 11 is 5.93. The number of amides is 3. The summed E-state index contributed by atoms with van der Waals surface area (Å²) in [6.07, 6.45) is -1.26. The lowest BCUT2D eigenvalue weighted by atomic mass is 10.1. The van der Waals surface area contributed by atoms with E-state index in [0.29, 0.717) is 21.8 Å². The maximum Gasteiger partial charge on any atom is 0.308 e. The highest BCUT2D eigenvalue weighted by Crippen LogP contribution is 2.23. The molecule has 0 saturated carbocycles. The number of benzene rings is 2. The van der Waals surface area contributed by atoms with E-state index in [-0.39, 0.29) is 13.0 Å². The fraction of sp³-hybridized carbons (Fsp3) is 0.238. The molecule has 7 nitrogen and oxygen atoms in total. The van der Waals surface area contributed by atoms with E-state index in [2.05, 4.69) is 5.32 Å². The molecule has 0 saturated heterocycles. The maximum absolute atomic E-state index is 12.3. The Labute approximate surface area is 172 Å². The van der Waals surface area contributed by atoms with E-state index in [1.54, 1.807) is 42.5 Å². The number of carbonyl (C=O) groups excluding carboxylic acids is 4. The second-order valence-corrected chi connectivity index (χ2v) is 7.07. The van der Waals surface area contributed by atoms with E-state index in [0.717, 1.165) is 10.5 Å². The lowest BCUT2D eigenvalue weighted by Crippen LogP contribution is -2.34. The van der Waals surface area contributed by atoms with Gasteiger partial charge in [-0.2, -0.15) is 0 Å². The average molecular weight is 415 g/mol. The molecule has 0 aromatic heterocycles. The molecule has 0 bridgehead atoms. The molecule has 8 heteroatoms. The highest BCUT2D eigenvalue weighted by molar-refractivity contribution is 6.31. The molecule has 1 aliphatic rings. The fourth-order valence-electron chi connectivity index (χ4n) is 2.92. The largest absolute Gasteiger partial charge is 0.452 e. The zero-order valence-electron chi connectivity index (χ0n) is 15.9. The predicted octanol–water partition coefficient (Wildman–Crippen LogP) is 3.20. The Morgan fingerprint density at radius 2 is 1.72 bits per heavy atom. The van der Waals surface area contributed by atoms with Gasteiger partial charge in [-0.1, -0.05) is 29.8 Å². The molecule has 1 atom stereocenters. The molecule has 1 aliphatic heterocycles. The van der Waals surface area contributed by atoms with Crippen LogP contribution in [-0.4, -0.2) is 41.2 Å². The number of esters is 1. The molecule has 3 amide bonds. The number of hydrogen-bond acceptors (Lipinski definition) is 5. The number of aryl methyl sites for hydroxylation is 1. The quantitative estimate of drug-likeness (QED) is 0.578. The highest BCUT2D eigenvalue weighted by atomic mass is 35.5. The molecule has 150 valence electrons. The number of anilines is 1. The minimum Gasteiger partial charge on any atom is -0.452 e. The topological polar surface area (TPSA) is 92.8 Å². The number of ether oxygens (including phenoxy) is 1. The highest BCUT2D eigenvalue weighted by Gasteiger charge is 2.35. The Morgan fingerprint density at radius 1 is 1.10 bits per heavy atom. The van der Waals surface area contributed by atoms with Gasteiger partial charge in [0, 0.05) is 17.3 Å². The van der Waals surface area contributed by atoms with Crippen molar-refractivity contribution in [1.29, 1.82) is 0 Å².